The van der Waals surface area contributed by atoms with Crippen molar-refractivity contribution >= 4 is 0 Å². The van der Waals surface area contributed by atoms with Crippen LogP contribution in [0, 0.1) is 12.7 Å². The van der Waals surface area contributed by atoms with E-state index in [1.807, 2.05) is 13.8 Å². The lowest BCUT2D eigenvalue weighted by Crippen LogP contribution is -2.09. The zero-order chi connectivity index (χ0) is 12.4. The zero-order valence-electron chi connectivity index (χ0n) is 9.81. The van der Waals surface area contributed by atoms with Crippen LogP contribution in [0.5, 0.6) is 0 Å². The first-order valence-electron chi connectivity index (χ1n) is 5.43. The van der Waals surface area contributed by atoms with Crippen LogP contribution in [-0.4, -0.2) is 9.97 Å². The van der Waals surface area contributed by atoms with Gasteiger partial charge in [-0.25, -0.2) is 14.4 Å². The number of nitrogens with zero attached hydrogens (tertiary/aromatic N) is 2. The minimum absolute atomic E-state index is 0.100. The molecule has 88 valence electrons. The summed E-state index contributed by atoms with van der Waals surface area (Å²) in [6, 6.07) is 6.13. The van der Waals surface area contributed by atoms with Gasteiger partial charge in [-0.3, -0.25) is 0 Å². The first-order chi connectivity index (χ1) is 8.08. The standard InChI is InChI=1S/C13H14FN3/c1-8(15)12-7-16-13(17-9(12)2)10-4-3-5-11(14)6-10/h3-8H,15H2,1-2H3/t8-/m1/s1. The van der Waals surface area contributed by atoms with Crippen molar-refractivity contribution in [1.82, 2.24) is 9.97 Å². The Hall–Kier alpha value is -1.81. The summed E-state index contributed by atoms with van der Waals surface area (Å²) in [5, 5.41) is 0. The molecule has 0 fully saturated rings. The third-order valence-electron chi connectivity index (χ3n) is 2.59. The Morgan fingerprint density at radius 2 is 2.12 bits per heavy atom. The molecule has 4 heteroatoms. The van der Waals surface area contributed by atoms with Gasteiger partial charge in [-0.05, 0) is 26.0 Å². The molecule has 0 saturated carbocycles. The molecule has 0 unspecified atom stereocenters. The molecule has 2 rings (SSSR count). The molecule has 0 aliphatic rings. The van der Waals surface area contributed by atoms with Crippen LogP contribution in [0.1, 0.15) is 24.2 Å². The van der Waals surface area contributed by atoms with Crippen LogP contribution < -0.4 is 5.73 Å². The summed E-state index contributed by atoms with van der Waals surface area (Å²) >= 11 is 0. The van der Waals surface area contributed by atoms with E-state index < -0.39 is 0 Å². The van der Waals surface area contributed by atoms with Gasteiger partial charge in [0.15, 0.2) is 5.82 Å². The number of aryl methyl sites for hydroxylation is 1. The fourth-order valence-corrected chi connectivity index (χ4v) is 1.69. The number of nitrogens with two attached hydrogens (primary N) is 1. The summed E-state index contributed by atoms with van der Waals surface area (Å²) in [6.07, 6.45) is 1.70. The van der Waals surface area contributed by atoms with E-state index in [1.165, 1.54) is 12.1 Å². The van der Waals surface area contributed by atoms with Gasteiger partial charge < -0.3 is 5.73 Å². The van der Waals surface area contributed by atoms with Crippen LogP contribution in [0.15, 0.2) is 30.5 Å². The van der Waals surface area contributed by atoms with Gasteiger partial charge in [0.05, 0.1) is 0 Å². The van der Waals surface area contributed by atoms with Gasteiger partial charge in [0.25, 0.3) is 0 Å². The molecule has 2 aromatic rings. The van der Waals surface area contributed by atoms with E-state index in [9.17, 15) is 4.39 Å². The van der Waals surface area contributed by atoms with Gasteiger partial charge in [-0.2, -0.15) is 0 Å². The minimum Gasteiger partial charge on any atom is -0.324 e. The molecule has 0 amide bonds. The molecule has 0 aliphatic heterocycles. The topological polar surface area (TPSA) is 51.8 Å². The monoisotopic (exact) mass is 231 g/mol. The van der Waals surface area contributed by atoms with Crippen molar-refractivity contribution in [2.24, 2.45) is 5.73 Å². The van der Waals surface area contributed by atoms with Gasteiger partial charge in [-0.1, -0.05) is 12.1 Å². The van der Waals surface area contributed by atoms with Gasteiger partial charge in [0, 0.05) is 29.1 Å². The molecule has 2 N–H and O–H groups in total. The third kappa shape index (κ3) is 2.47. The second-order valence-corrected chi connectivity index (χ2v) is 4.03. The van der Waals surface area contributed by atoms with Crippen LogP contribution in [0.25, 0.3) is 11.4 Å². The highest BCUT2D eigenvalue weighted by atomic mass is 19.1. The summed E-state index contributed by atoms with van der Waals surface area (Å²) in [7, 11) is 0. The van der Waals surface area contributed by atoms with Gasteiger partial charge in [-0.15, -0.1) is 0 Å². The van der Waals surface area contributed by atoms with Gasteiger partial charge >= 0.3 is 0 Å². The lowest BCUT2D eigenvalue weighted by molar-refractivity contribution is 0.628. The Bertz CT molecular complexity index is 538. The largest absolute Gasteiger partial charge is 0.324 e. The van der Waals surface area contributed by atoms with Crippen molar-refractivity contribution < 1.29 is 4.39 Å². The molecular weight excluding hydrogens is 217 g/mol. The molecule has 17 heavy (non-hydrogen) atoms. The quantitative estimate of drug-likeness (QED) is 0.864. The predicted molar refractivity (Wildman–Crippen MR) is 64.8 cm³/mol. The Morgan fingerprint density at radius 3 is 2.71 bits per heavy atom. The molecule has 0 aliphatic carbocycles. The summed E-state index contributed by atoms with van der Waals surface area (Å²) in [4.78, 5) is 8.56. The number of hydrogen-bond donors (Lipinski definition) is 1. The van der Waals surface area contributed by atoms with E-state index in [0.717, 1.165) is 11.3 Å². The van der Waals surface area contributed by atoms with E-state index >= 15 is 0 Å². The number of halogens is 1. The average molecular weight is 231 g/mol. The van der Waals surface area contributed by atoms with Crippen LogP contribution in [0.3, 0.4) is 0 Å². The van der Waals surface area contributed by atoms with E-state index in [-0.39, 0.29) is 11.9 Å². The van der Waals surface area contributed by atoms with E-state index in [2.05, 4.69) is 9.97 Å². The van der Waals surface area contributed by atoms with Crippen molar-refractivity contribution in [2.45, 2.75) is 19.9 Å². The summed E-state index contributed by atoms with van der Waals surface area (Å²) in [6.45, 7) is 3.76. The fourth-order valence-electron chi connectivity index (χ4n) is 1.69. The van der Waals surface area contributed by atoms with Crippen LogP contribution in [0.2, 0.25) is 0 Å². The average Bonchev–Trinajstić information content (AvgIpc) is 2.28. The van der Waals surface area contributed by atoms with Crippen LogP contribution in [-0.2, 0) is 0 Å². The van der Waals surface area contributed by atoms with Crippen LogP contribution in [0.4, 0.5) is 4.39 Å². The van der Waals surface area contributed by atoms with Crippen molar-refractivity contribution in [3.05, 3.63) is 47.5 Å². The molecule has 1 heterocycles. The summed E-state index contributed by atoms with van der Waals surface area (Å²) in [5.74, 6) is 0.228. The maximum atomic E-state index is 13.1. The van der Waals surface area contributed by atoms with Crippen molar-refractivity contribution in [1.29, 1.82) is 0 Å². The molecule has 1 atom stereocenters. The maximum Gasteiger partial charge on any atom is 0.159 e. The summed E-state index contributed by atoms with van der Waals surface area (Å²) in [5.41, 5.74) is 8.19. The van der Waals surface area contributed by atoms with Crippen LogP contribution >= 0.6 is 0 Å². The fraction of sp³-hybridized carbons (Fsp3) is 0.231. The number of aromatic nitrogens is 2. The van der Waals surface area contributed by atoms with Crippen molar-refractivity contribution in [3.8, 4) is 11.4 Å². The highest BCUT2D eigenvalue weighted by Crippen LogP contribution is 2.19. The van der Waals surface area contributed by atoms with Gasteiger partial charge in [0.1, 0.15) is 5.82 Å². The molecule has 3 nitrogen and oxygen atoms in total. The highest BCUT2D eigenvalue weighted by Gasteiger charge is 2.08. The zero-order valence-corrected chi connectivity index (χ0v) is 9.81. The number of hydrogen-bond acceptors (Lipinski definition) is 3. The first-order valence-corrected chi connectivity index (χ1v) is 5.43. The predicted octanol–water partition coefficient (Wildman–Crippen LogP) is 2.61. The second-order valence-electron chi connectivity index (χ2n) is 4.03. The molecule has 0 spiro atoms. The number of rotatable bonds is 2. The lowest BCUT2D eigenvalue weighted by Gasteiger charge is -2.09. The van der Waals surface area contributed by atoms with Gasteiger partial charge in [0.2, 0.25) is 0 Å². The third-order valence-corrected chi connectivity index (χ3v) is 2.59. The maximum absolute atomic E-state index is 13.1. The smallest absolute Gasteiger partial charge is 0.159 e. The van der Waals surface area contributed by atoms with Crippen molar-refractivity contribution in [2.75, 3.05) is 0 Å². The van der Waals surface area contributed by atoms with Crippen molar-refractivity contribution in [3.63, 3.8) is 0 Å². The summed E-state index contributed by atoms with van der Waals surface area (Å²) < 4.78 is 13.1. The Morgan fingerprint density at radius 1 is 1.35 bits per heavy atom. The van der Waals surface area contributed by atoms with E-state index in [4.69, 9.17) is 5.73 Å². The Kier molecular flexibility index (Phi) is 3.15. The SMILES string of the molecule is Cc1nc(-c2cccc(F)c2)ncc1[C@@H](C)N. The highest BCUT2D eigenvalue weighted by molar-refractivity contribution is 5.55. The Labute approximate surface area is 99.5 Å². The molecule has 1 aromatic carbocycles. The Balaban J connectivity index is 2.44. The lowest BCUT2D eigenvalue weighted by atomic mass is 10.1. The molecule has 0 radical (unpaired) electrons. The van der Waals surface area contributed by atoms with E-state index in [0.29, 0.717) is 11.4 Å². The molecule has 1 aromatic heterocycles. The molecular formula is C13H14FN3. The normalized spacial score (nSPS) is 12.5. The second kappa shape index (κ2) is 4.59. The number of benzene rings is 1. The first kappa shape index (κ1) is 11.7. The molecule has 0 saturated heterocycles. The van der Waals surface area contributed by atoms with E-state index in [1.54, 1.807) is 18.3 Å². The minimum atomic E-state index is -0.292. The molecule has 0 bridgehead atoms.